The van der Waals surface area contributed by atoms with Crippen LogP contribution in [-0.2, 0) is 17.7 Å². The van der Waals surface area contributed by atoms with Crippen LogP contribution in [0.2, 0.25) is 0 Å². The second-order valence-electron chi connectivity index (χ2n) is 11.3. The second-order valence-corrected chi connectivity index (χ2v) is 11.3. The van der Waals surface area contributed by atoms with E-state index in [0.29, 0.717) is 31.2 Å². The predicted molar refractivity (Wildman–Crippen MR) is 157 cm³/mol. The first kappa shape index (κ1) is 28.6. The summed E-state index contributed by atoms with van der Waals surface area (Å²) >= 11 is 0. The molecule has 0 aromatic heterocycles. The van der Waals surface area contributed by atoms with E-state index in [0.717, 1.165) is 75.0 Å². The molecule has 2 aromatic rings. The van der Waals surface area contributed by atoms with Gasteiger partial charge in [0, 0.05) is 49.5 Å². The molecule has 2 aromatic carbocycles. The Kier molecular flexibility index (Phi) is 9.70. The van der Waals surface area contributed by atoms with Crippen LogP contribution in [0, 0.1) is 5.92 Å². The number of ether oxygens (including phenoxy) is 4. The van der Waals surface area contributed by atoms with Crippen molar-refractivity contribution in [1.82, 2.24) is 9.80 Å². The highest BCUT2D eigenvalue weighted by Gasteiger charge is 2.33. The number of carbonyl (C=O) groups excluding carboxylic acids is 1. The Morgan fingerprint density at radius 2 is 1.73 bits per heavy atom. The van der Waals surface area contributed by atoms with Crippen molar-refractivity contribution < 1.29 is 23.7 Å². The van der Waals surface area contributed by atoms with E-state index in [4.69, 9.17) is 18.9 Å². The molecule has 1 aliphatic carbocycles. The van der Waals surface area contributed by atoms with Crippen LogP contribution in [0.4, 0.5) is 10.5 Å². The molecular weight excluding hydrogens is 506 g/mol. The summed E-state index contributed by atoms with van der Waals surface area (Å²) in [6, 6.07) is 12.4. The fourth-order valence-electron chi connectivity index (χ4n) is 5.65. The third-order valence-corrected chi connectivity index (χ3v) is 8.46. The molecule has 2 heterocycles. The Balaban J connectivity index is 1.25. The Hall–Kier alpha value is -2.97. The van der Waals surface area contributed by atoms with Crippen LogP contribution >= 0.6 is 0 Å². The van der Waals surface area contributed by atoms with E-state index in [2.05, 4.69) is 30.0 Å². The number of methoxy groups -OCH3 is 2. The summed E-state index contributed by atoms with van der Waals surface area (Å²) in [5.41, 5.74) is 3.11. The van der Waals surface area contributed by atoms with Gasteiger partial charge in [-0.05, 0) is 62.3 Å². The molecule has 0 radical (unpaired) electrons. The van der Waals surface area contributed by atoms with Crippen LogP contribution in [0.5, 0.6) is 17.2 Å². The summed E-state index contributed by atoms with van der Waals surface area (Å²) in [5.74, 6) is 3.12. The maximum Gasteiger partial charge on any atom is 0.325 e. The molecule has 1 atom stereocenters. The van der Waals surface area contributed by atoms with Gasteiger partial charge in [-0.1, -0.05) is 25.0 Å². The number of amides is 2. The molecule has 0 unspecified atom stereocenters. The first-order valence-corrected chi connectivity index (χ1v) is 14.9. The number of benzene rings is 2. The Morgan fingerprint density at radius 3 is 2.48 bits per heavy atom. The first-order chi connectivity index (χ1) is 19.6. The minimum atomic E-state index is 0.00190. The summed E-state index contributed by atoms with van der Waals surface area (Å²) in [7, 11) is 3.37. The highest BCUT2D eigenvalue weighted by molar-refractivity contribution is 5.93. The van der Waals surface area contributed by atoms with Gasteiger partial charge in [-0.2, -0.15) is 0 Å². The van der Waals surface area contributed by atoms with Gasteiger partial charge in [-0.3, -0.25) is 9.80 Å². The van der Waals surface area contributed by atoms with Gasteiger partial charge in [0.15, 0.2) is 11.5 Å². The quantitative estimate of drug-likeness (QED) is 0.312. The monoisotopic (exact) mass is 551 g/mol. The topological polar surface area (TPSA) is 63.7 Å². The predicted octanol–water partition coefficient (Wildman–Crippen LogP) is 5.37. The van der Waals surface area contributed by atoms with Crippen LogP contribution in [0.25, 0.3) is 0 Å². The van der Waals surface area contributed by atoms with Gasteiger partial charge in [0.25, 0.3) is 0 Å². The number of anilines is 1. The van der Waals surface area contributed by atoms with E-state index in [1.807, 2.05) is 28.0 Å². The molecule has 3 fully saturated rings. The number of morpholine rings is 1. The molecule has 0 spiro atoms. The summed E-state index contributed by atoms with van der Waals surface area (Å²) in [4.78, 5) is 20.1. The molecule has 2 amide bonds. The average molecular weight is 552 g/mol. The van der Waals surface area contributed by atoms with Gasteiger partial charge in [-0.25, -0.2) is 4.79 Å². The van der Waals surface area contributed by atoms with Crippen LogP contribution in [0.15, 0.2) is 36.4 Å². The fraction of sp³-hybridized carbons (Fsp3) is 0.594. The van der Waals surface area contributed by atoms with E-state index in [1.54, 1.807) is 14.2 Å². The molecule has 0 N–H and O–H groups in total. The lowest BCUT2D eigenvalue weighted by Gasteiger charge is -2.40. The van der Waals surface area contributed by atoms with Crippen molar-refractivity contribution in [1.29, 1.82) is 0 Å². The molecule has 5 rings (SSSR count). The number of hydrogen-bond donors (Lipinski definition) is 0. The van der Waals surface area contributed by atoms with Gasteiger partial charge in [-0.15, -0.1) is 0 Å². The van der Waals surface area contributed by atoms with Crippen molar-refractivity contribution in [3.63, 3.8) is 0 Å². The molecule has 218 valence electrons. The average Bonchev–Trinajstić information content (AvgIpc) is 3.82. The van der Waals surface area contributed by atoms with Crippen molar-refractivity contribution in [3.05, 3.63) is 47.5 Å². The van der Waals surface area contributed by atoms with Crippen LogP contribution in [-0.4, -0.2) is 82.1 Å². The summed E-state index contributed by atoms with van der Waals surface area (Å²) in [6.45, 7) is 8.57. The smallest absolute Gasteiger partial charge is 0.325 e. The van der Waals surface area contributed by atoms with E-state index >= 15 is 0 Å². The minimum absolute atomic E-state index is 0.00190. The van der Waals surface area contributed by atoms with E-state index in [9.17, 15) is 4.79 Å². The highest BCUT2D eigenvalue weighted by atomic mass is 16.5. The molecular formula is C32H45N3O5. The molecule has 8 nitrogen and oxygen atoms in total. The van der Waals surface area contributed by atoms with Gasteiger partial charge in [0.2, 0.25) is 0 Å². The van der Waals surface area contributed by atoms with Crippen molar-refractivity contribution in [2.75, 3.05) is 65.1 Å². The fourth-order valence-corrected chi connectivity index (χ4v) is 5.65. The van der Waals surface area contributed by atoms with E-state index in [-0.39, 0.29) is 12.1 Å². The molecule has 2 saturated heterocycles. The Labute approximate surface area is 239 Å². The zero-order chi connectivity index (χ0) is 27.9. The van der Waals surface area contributed by atoms with Gasteiger partial charge in [0.05, 0.1) is 40.6 Å². The normalized spacial score (nSPS) is 20.1. The maximum atomic E-state index is 13.8. The van der Waals surface area contributed by atoms with Gasteiger partial charge in [0.1, 0.15) is 5.75 Å². The number of hydrogen-bond acceptors (Lipinski definition) is 6. The third kappa shape index (κ3) is 7.21. The highest BCUT2D eigenvalue weighted by Crippen LogP contribution is 2.36. The number of carbonyl (C=O) groups is 1. The second kappa shape index (κ2) is 13.6. The molecule has 1 saturated carbocycles. The number of urea groups is 1. The summed E-state index contributed by atoms with van der Waals surface area (Å²) in [6.07, 6.45) is 6.82. The van der Waals surface area contributed by atoms with Crippen LogP contribution in [0.1, 0.15) is 50.2 Å². The summed E-state index contributed by atoms with van der Waals surface area (Å²) in [5, 5.41) is 0. The molecule has 40 heavy (non-hydrogen) atoms. The van der Waals surface area contributed by atoms with Crippen molar-refractivity contribution in [3.8, 4) is 17.2 Å². The third-order valence-electron chi connectivity index (χ3n) is 8.46. The Bertz CT molecular complexity index is 1130. The zero-order valence-electron chi connectivity index (χ0n) is 24.4. The van der Waals surface area contributed by atoms with Crippen LogP contribution in [0.3, 0.4) is 0 Å². The van der Waals surface area contributed by atoms with Crippen molar-refractivity contribution >= 4 is 11.7 Å². The maximum absolute atomic E-state index is 13.8. The van der Waals surface area contributed by atoms with E-state index < -0.39 is 0 Å². The van der Waals surface area contributed by atoms with Crippen molar-refractivity contribution in [2.45, 2.75) is 58.0 Å². The van der Waals surface area contributed by atoms with Crippen molar-refractivity contribution in [2.24, 2.45) is 5.92 Å². The lowest BCUT2D eigenvalue weighted by molar-refractivity contribution is 0.0384. The SMILES string of the molecule is COc1cc(CCN2CCOCC2)ccc1CN1C(=O)N(c2ccc(OC)c(OCCCC3CC3)c2)CC[C@@H]1C. The molecule has 0 bridgehead atoms. The van der Waals surface area contributed by atoms with Crippen LogP contribution < -0.4 is 19.1 Å². The Morgan fingerprint density at radius 1 is 0.925 bits per heavy atom. The summed E-state index contributed by atoms with van der Waals surface area (Å²) < 4.78 is 22.9. The number of nitrogens with zero attached hydrogens (tertiary/aromatic N) is 3. The lowest BCUT2D eigenvalue weighted by atomic mass is 10.0. The first-order valence-electron chi connectivity index (χ1n) is 14.9. The largest absolute Gasteiger partial charge is 0.496 e. The molecule has 8 heteroatoms. The van der Waals surface area contributed by atoms with E-state index in [1.165, 1.54) is 24.8 Å². The minimum Gasteiger partial charge on any atom is -0.496 e. The lowest BCUT2D eigenvalue weighted by Crippen LogP contribution is -2.53. The standard InChI is InChI=1S/C32H45N3O5/c1-24-12-15-34(28-10-11-29(37-2)31(22-28)40-18-4-5-25-6-7-25)32(36)35(24)23-27-9-8-26(21-30(27)38-3)13-14-33-16-19-39-20-17-33/h8-11,21-22,24-25H,4-7,12-20,23H2,1-3H3/t24-/m0/s1. The van der Waals surface area contributed by atoms with Gasteiger partial charge >= 0.3 is 6.03 Å². The molecule has 3 aliphatic rings. The number of rotatable bonds is 13. The molecule has 2 aliphatic heterocycles. The zero-order valence-corrected chi connectivity index (χ0v) is 24.4. The van der Waals surface area contributed by atoms with Gasteiger partial charge < -0.3 is 23.8 Å².